The molecule has 0 amide bonds. The minimum Gasteiger partial charge on any atom is -0.313 e. The molecule has 3 unspecified atom stereocenters. The topological polar surface area (TPSA) is 46.2 Å². The molecular weight excluding hydrogens is 338 g/mol. The van der Waals surface area contributed by atoms with Gasteiger partial charge in [0, 0.05) is 16.8 Å². The average molecular weight is 360 g/mol. The van der Waals surface area contributed by atoms with Crippen molar-refractivity contribution in [3.63, 3.8) is 0 Å². The molecule has 0 aromatic heterocycles. The molecule has 0 bridgehead atoms. The van der Waals surface area contributed by atoms with Crippen LogP contribution in [0.25, 0.3) is 0 Å². The van der Waals surface area contributed by atoms with E-state index in [0.717, 1.165) is 30.2 Å². The van der Waals surface area contributed by atoms with Crippen LogP contribution in [0.2, 0.25) is 0 Å². The van der Waals surface area contributed by atoms with Gasteiger partial charge in [0.2, 0.25) is 0 Å². The van der Waals surface area contributed by atoms with Gasteiger partial charge in [-0.2, -0.15) is 0 Å². The molecule has 3 atom stereocenters. The van der Waals surface area contributed by atoms with Gasteiger partial charge < -0.3 is 5.32 Å². The van der Waals surface area contributed by atoms with Crippen molar-refractivity contribution in [2.45, 2.75) is 37.0 Å². The molecule has 3 nitrogen and oxygen atoms in total. The summed E-state index contributed by atoms with van der Waals surface area (Å²) in [5.74, 6) is 0.378. The largest absolute Gasteiger partial charge is 0.313 e. The van der Waals surface area contributed by atoms with E-state index in [4.69, 9.17) is 0 Å². The first-order chi connectivity index (χ1) is 9.41. The zero-order chi connectivity index (χ0) is 14.8. The van der Waals surface area contributed by atoms with Crippen molar-refractivity contribution in [3.05, 3.63) is 34.3 Å². The number of benzene rings is 1. The Labute approximate surface area is 130 Å². The summed E-state index contributed by atoms with van der Waals surface area (Å²) < 4.78 is 24.7. The van der Waals surface area contributed by atoms with E-state index in [1.165, 1.54) is 11.8 Å². The summed E-state index contributed by atoms with van der Waals surface area (Å²) in [4.78, 5) is 0. The Hall–Kier alpha value is -0.390. The smallest absolute Gasteiger partial charge is 0.150 e. The Morgan fingerprint density at radius 2 is 2.10 bits per heavy atom. The lowest BCUT2D eigenvalue weighted by atomic mass is 9.81. The molecule has 1 saturated carbocycles. The Kier molecular flexibility index (Phi) is 5.26. The molecule has 2 rings (SSSR count). The van der Waals surface area contributed by atoms with Crippen LogP contribution in [0.5, 0.6) is 0 Å². The molecule has 0 saturated heterocycles. The molecule has 5 heteroatoms. The molecule has 0 spiro atoms. The van der Waals surface area contributed by atoms with Crippen molar-refractivity contribution in [2.24, 2.45) is 5.92 Å². The fourth-order valence-corrected chi connectivity index (χ4v) is 4.86. The van der Waals surface area contributed by atoms with Gasteiger partial charge in [0.15, 0.2) is 0 Å². The van der Waals surface area contributed by atoms with E-state index >= 15 is 0 Å². The Morgan fingerprint density at radius 1 is 1.35 bits per heavy atom. The lowest BCUT2D eigenvalue weighted by Gasteiger charge is -2.34. The quantitative estimate of drug-likeness (QED) is 0.896. The fraction of sp³-hybridized carbons (Fsp3) is 0.600. The summed E-state index contributed by atoms with van der Waals surface area (Å²) in [6.45, 7) is 0. The minimum absolute atomic E-state index is 0.177. The average Bonchev–Trinajstić information content (AvgIpc) is 2.39. The summed E-state index contributed by atoms with van der Waals surface area (Å²) in [7, 11) is -0.974. The van der Waals surface area contributed by atoms with E-state index in [0.29, 0.717) is 5.92 Å². The molecule has 1 aromatic carbocycles. The third kappa shape index (κ3) is 3.83. The predicted molar refractivity (Wildman–Crippen MR) is 86.5 cm³/mol. The van der Waals surface area contributed by atoms with Crippen LogP contribution in [0, 0.1) is 5.92 Å². The Morgan fingerprint density at radius 3 is 2.70 bits per heavy atom. The van der Waals surface area contributed by atoms with Gasteiger partial charge in [-0.05, 0) is 49.9 Å². The standard InChI is InChI=1S/C15H22BrNO2S/c1-17-15(11-5-3-7-13(16)9-11)12-6-4-8-14(10-12)20(2,18)19/h3,5,7,9,12,14-15,17H,4,6,8,10H2,1-2H3. The number of sulfone groups is 1. The highest BCUT2D eigenvalue weighted by atomic mass is 79.9. The maximum absolute atomic E-state index is 11.8. The van der Waals surface area contributed by atoms with Crippen LogP contribution in [-0.2, 0) is 9.84 Å². The van der Waals surface area contributed by atoms with E-state index < -0.39 is 9.84 Å². The highest BCUT2D eigenvalue weighted by Crippen LogP contribution is 2.37. The molecule has 0 aliphatic heterocycles. The second-order valence-electron chi connectivity index (χ2n) is 5.70. The summed E-state index contributed by atoms with van der Waals surface area (Å²) >= 11 is 3.50. The summed E-state index contributed by atoms with van der Waals surface area (Å²) in [5, 5.41) is 3.20. The van der Waals surface area contributed by atoms with Crippen molar-refractivity contribution in [1.82, 2.24) is 5.32 Å². The highest BCUT2D eigenvalue weighted by molar-refractivity contribution is 9.10. The van der Waals surface area contributed by atoms with Crippen LogP contribution < -0.4 is 5.32 Å². The summed E-state index contributed by atoms with van der Waals surface area (Å²) in [6, 6.07) is 8.48. The zero-order valence-electron chi connectivity index (χ0n) is 12.0. The number of halogens is 1. The van der Waals surface area contributed by atoms with Gasteiger partial charge in [-0.1, -0.05) is 34.5 Å². The SMILES string of the molecule is CNC(c1cccc(Br)c1)C1CCCC(S(C)(=O)=O)C1. The number of rotatable bonds is 4. The molecule has 0 radical (unpaired) electrons. The van der Waals surface area contributed by atoms with Gasteiger partial charge in [-0.25, -0.2) is 8.42 Å². The molecule has 1 aliphatic rings. The molecule has 0 heterocycles. The minimum atomic E-state index is -2.93. The van der Waals surface area contributed by atoms with Crippen molar-refractivity contribution >= 4 is 25.8 Å². The van der Waals surface area contributed by atoms with Crippen molar-refractivity contribution < 1.29 is 8.42 Å². The molecule has 1 aliphatic carbocycles. The molecule has 1 fully saturated rings. The van der Waals surface area contributed by atoms with Gasteiger partial charge in [-0.15, -0.1) is 0 Å². The second-order valence-corrected chi connectivity index (χ2v) is 8.94. The lowest BCUT2D eigenvalue weighted by molar-refractivity contribution is 0.282. The predicted octanol–water partition coefficient (Wildman–Crippen LogP) is 3.31. The van der Waals surface area contributed by atoms with E-state index in [1.54, 1.807) is 0 Å². The first-order valence-electron chi connectivity index (χ1n) is 7.03. The van der Waals surface area contributed by atoms with Crippen molar-refractivity contribution in [2.75, 3.05) is 13.3 Å². The van der Waals surface area contributed by atoms with E-state index in [1.807, 2.05) is 19.2 Å². The van der Waals surface area contributed by atoms with Crippen molar-refractivity contribution in [3.8, 4) is 0 Å². The Bertz CT molecular complexity index is 559. The molecule has 112 valence electrons. The number of hydrogen-bond acceptors (Lipinski definition) is 3. The highest BCUT2D eigenvalue weighted by Gasteiger charge is 2.33. The van der Waals surface area contributed by atoms with Gasteiger partial charge in [0.25, 0.3) is 0 Å². The van der Waals surface area contributed by atoms with Gasteiger partial charge in [0.1, 0.15) is 9.84 Å². The maximum atomic E-state index is 11.8. The normalized spacial score (nSPS) is 25.4. The molecule has 1 aromatic rings. The third-order valence-electron chi connectivity index (χ3n) is 4.26. The van der Waals surface area contributed by atoms with Crippen LogP contribution in [0.3, 0.4) is 0 Å². The van der Waals surface area contributed by atoms with Crippen LogP contribution >= 0.6 is 15.9 Å². The molecule has 1 N–H and O–H groups in total. The first-order valence-corrected chi connectivity index (χ1v) is 9.78. The van der Waals surface area contributed by atoms with Crippen molar-refractivity contribution in [1.29, 1.82) is 0 Å². The summed E-state index contributed by atoms with van der Waals surface area (Å²) in [5.41, 5.74) is 1.22. The van der Waals surface area contributed by atoms with Crippen LogP contribution in [0.15, 0.2) is 28.7 Å². The summed E-state index contributed by atoms with van der Waals surface area (Å²) in [6.07, 6.45) is 5.02. The monoisotopic (exact) mass is 359 g/mol. The van der Waals surface area contributed by atoms with Crippen LogP contribution in [-0.4, -0.2) is 27.0 Å². The zero-order valence-corrected chi connectivity index (χ0v) is 14.4. The van der Waals surface area contributed by atoms with Gasteiger partial charge in [0.05, 0.1) is 5.25 Å². The second kappa shape index (κ2) is 6.58. The number of hydrogen-bond donors (Lipinski definition) is 1. The van der Waals surface area contributed by atoms with Gasteiger partial charge >= 0.3 is 0 Å². The van der Waals surface area contributed by atoms with Crippen LogP contribution in [0.4, 0.5) is 0 Å². The molecule has 20 heavy (non-hydrogen) atoms. The van der Waals surface area contributed by atoms with E-state index in [9.17, 15) is 8.42 Å². The Balaban J connectivity index is 2.19. The lowest BCUT2D eigenvalue weighted by Crippen LogP contribution is -2.34. The maximum Gasteiger partial charge on any atom is 0.150 e. The first kappa shape index (κ1) is 16.0. The number of nitrogens with one attached hydrogen (secondary N) is 1. The van der Waals surface area contributed by atoms with Gasteiger partial charge in [-0.3, -0.25) is 0 Å². The fourth-order valence-electron chi connectivity index (χ4n) is 3.25. The van der Waals surface area contributed by atoms with E-state index in [2.05, 4.69) is 33.4 Å². The van der Waals surface area contributed by atoms with E-state index in [-0.39, 0.29) is 11.3 Å². The van der Waals surface area contributed by atoms with Crippen LogP contribution in [0.1, 0.15) is 37.3 Å². The molecular formula is C15H22BrNO2S. The third-order valence-corrected chi connectivity index (χ3v) is 6.39.